The summed E-state index contributed by atoms with van der Waals surface area (Å²) in [6.07, 6.45) is -2.31. The lowest BCUT2D eigenvalue weighted by Crippen LogP contribution is -2.45. The Hall–Kier alpha value is -1.81. The van der Waals surface area contributed by atoms with Crippen molar-refractivity contribution in [3.8, 4) is 6.07 Å². The van der Waals surface area contributed by atoms with Crippen LogP contribution in [-0.4, -0.2) is 28.3 Å². The monoisotopic (exact) mass is 297 g/mol. The van der Waals surface area contributed by atoms with Crippen LogP contribution in [0.1, 0.15) is 36.9 Å². The van der Waals surface area contributed by atoms with Gasteiger partial charge in [0.25, 0.3) is 0 Å². The van der Waals surface area contributed by atoms with Gasteiger partial charge in [-0.25, -0.2) is 4.98 Å². The number of alkyl halides is 3. The Morgan fingerprint density at radius 2 is 1.86 bits per heavy atom. The van der Waals surface area contributed by atoms with Crippen molar-refractivity contribution in [2.75, 3.05) is 4.90 Å². The Bertz CT molecular complexity index is 582. The van der Waals surface area contributed by atoms with E-state index in [9.17, 15) is 18.3 Å². The molecule has 2 atom stereocenters. The van der Waals surface area contributed by atoms with Gasteiger partial charge in [0.15, 0.2) is 0 Å². The van der Waals surface area contributed by atoms with E-state index >= 15 is 0 Å². The number of aliphatic hydroxyl groups is 1. The van der Waals surface area contributed by atoms with Gasteiger partial charge in [-0.05, 0) is 37.8 Å². The number of aromatic nitrogens is 1. The second-order valence-corrected chi connectivity index (χ2v) is 5.59. The average Bonchev–Trinajstić information content (AvgIpc) is 2.69. The molecule has 2 bridgehead atoms. The van der Waals surface area contributed by atoms with Crippen LogP contribution in [0.25, 0.3) is 0 Å². The van der Waals surface area contributed by atoms with E-state index in [1.165, 1.54) is 6.07 Å². The lowest BCUT2D eigenvalue weighted by atomic mass is 9.99. The van der Waals surface area contributed by atoms with E-state index in [1.807, 2.05) is 6.07 Å². The number of piperidine rings is 1. The van der Waals surface area contributed by atoms with Gasteiger partial charge in [0.1, 0.15) is 17.6 Å². The molecule has 2 saturated heterocycles. The third-order valence-corrected chi connectivity index (χ3v) is 4.24. The molecule has 1 N–H and O–H groups in total. The Kier molecular flexibility index (Phi) is 3.29. The van der Waals surface area contributed by atoms with Crippen LogP contribution in [0.5, 0.6) is 0 Å². The highest BCUT2D eigenvalue weighted by atomic mass is 19.4. The van der Waals surface area contributed by atoms with Crippen LogP contribution in [0, 0.1) is 11.3 Å². The fourth-order valence-corrected chi connectivity index (χ4v) is 3.38. The fraction of sp³-hybridized carbons (Fsp3) is 0.571. The summed E-state index contributed by atoms with van der Waals surface area (Å²) in [5.74, 6) is 0.103. The van der Waals surface area contributed by atoms with Crippen LogP contribution in [0.2, 0.25) is 0 Å². The van der Waals surface area contributed by atoms with Gasteiger partial charge in [0.2, 0.25) is 0 Å². The second-order valence-electron chi connectivity index (χ2n) is 5.59. The van der Waals surface area contributed by atoms with E-state index in [4.69, 9.17) is 5.26 Å². The molecule has 1 aromatic rings. The quantitative estimate of drug-likeness (QED) is 0.865. The number of nitrogens with zero attached hydrogens (tertiary/aromatic N) is 3. The Morgan fingerprint density at radius 1 is 1.24 bits per heavy atom. The molecular formula is C14H14F3N3O. The van der Waals surface area contributed by atoms with Crippen molar-refractivity contribution in [3.63, 3.8) is 0 Å². The number of aliphatic hydroxyl groups excluding tert-OH is 1. The lowest BCUT2D eigenvalue weighted by Gasteiger charge is -2.38. The Labute approximate surface area is 119 Å². The molecule has 4 nitrogen and oxygen atoms in total. The standard InChI is InChI=1S/C14H14F3N3O/c15-14(16,17)12-4-1-8(7-18)13(19-12)20-9-2-3-10(20)6-11(21)5-9/h1,4,9-11,21H,2-3,5-6H2. The van der Waals surface area contributed by atoms with Gasteiger partial charge >= 0.3 is 6.18 Å². The number of fused-ring (bicyclic) bond motifs is 2. The summed E-state index contributed by atoms with van der Waals surface area (Å²) in [6, 6.07) is 3.85. The molecule has 2 fully saturated rings. The zero-order valence-electron chi connectivity index (χ0n) is 11.1. The van der Waals surface area contributed by atoms with Crippen LogP contribution in [0.3, 0.4) is 0 Å². The van der Waals surface area contributed by atoms with Gasteiger partial charge in [-0.2, -0.15) is 18.4 Å². The largest absolute Gasteiger partial charge is 0.433 e. The van der Waals surface area contributed by atoms with Crippen LogP contribution >= 0.6 is 0 Å². The molecule has 0 radical (unpaired) electrons. The molecule has 3 rings (SSSR count). The van der Waals surface area contributed by atoms with Crippen molar-refractivity contribution in [1.82, 2.24) is 4.98 Å². The van der Waals surface area contributed by atoms with E-state index in [-0.39, 0.29) is 23.5 Å². The average molecular weight is 297 g/mol. The predicted molar refractivity (Wildman–Crippen MR) is 68.5 cm³/mol. The van der Waals surface area contributed by atoms with E-state index < -0.39 is 18.0 Å². The minimum absolute atomic E-state index is 0.0400. The number of hydrogen-bond acceptors (Lipinski definition) is 4. The summed E-state index contributed by atoms with van der Waals surface area (Å²) in [5.41, 5.74) is -0.835. The molecule has 0 amide bonds. The summed E-state index contributed by atoms with van der Waals surface area (Å²) < 4.78 is 38.5. The minimum Gasteiger partial charge on any atom is -0.393 e. The Balaban J connectivity index is 2.04. The van der Waals surface area contributed by atoms with E-state index in [0.717, 1.165) is 18.9 Å². The second kappa shape index (κ2) is 4.88. The van der Waals surface area contributed by atoms with Crippen molar-refractivity contribution >= 4 is 5.82 Å². The number of anilines is 1. The SMILES string of the molecule is N#Cc1ccc(C(F)(F)F)nc1N1C2CCC1CC(O)C2. The van der Waals surface area contributed by atoms with Crippen molar-refractivity contribution in [1.29, 1.82) is 5.26 Å². The van der Waals surface area contributed by atoms with E-state index in [1.54, 1.807) is 4.90 Å². The fourth-order valence-electron chi connectivity index (χ4n) is 3.38. The van der Waals surface area contributed by atoms with Crippen molar-refractivity contribution in [2.24, 2.45) is 0 Å². The lowest BCUT2D eigenvalue weighted by molar-refractivity contribution is -0.141. The van der Waals surface area contributed by atoms with Crippen LogP contribution in [0.4, 0.5) is 19.0 Å². The smallest absolute Gasteiger partial charge is 0.393 e. The molecule has 112 valence electrons. The molecule has 2 aliphatic rings. The molecule has 0 aromatic carbocycles. The number of nitriles is 1. The molecule has 0 aliphatic carbocycles. The van der Waals surface area contributed by atoms with Crippen LogP contribution in [0.15, 0.2) is 12.1 Å². The predicted octanol–water partition coefficient (Wildman–Crippen LogP) is 2.46. The number of rotatable bonds is 1. The van der Waals surface area contributed by atoms with Crippen LogP contribution in [-0.2, 0) is 6.18 Å². The Morgan fingerprint density at radius 3 is 2.38 bits per heavy atom. The minimum atomic E-state index is -4.53. The third kappa shape index (κ3) is 2.44. The van der Waals surface area contributed by atoms with Crippen LogP contribution < -0.4 is 4.90 Å². The highest BCUT2D eigenvalue weighted by Crippen LogP contribution is 2.40. The maximum Gasteiger partial charge on any atom is 0.433 e. The molecule has 3 heterocycles. The first kappa shape index (κ1) is 14.1. The van der Waals surface area contributed by atoms with E-state index in [2.05, 4.69) is 4.98 Å². The molecule has 0 saturated carbocycles. The molecule has 1 aromatic heterocycles. The third-order valence-electron chi connectivity index (χ3n) is 4.24. The summed E-state index contributed by atoms with van der Waals surface area (Å²) in [5, 5.41) is 18.9. The van der Waals surface area contributed by atoms with Crippen molar-refractivity contribution in [2.45, 2.75) is 50.0 Å². The van der Waals surface area contributed by atoms with Gasteiger partial charge in [-0.15, -0.1) is 0 Å². The number of hydrogen-bond donors (Lipinski definition) is 1. The van der Waals surface area contributed by atoms with Gasteiger partial charge in [-0.3, -0.25) is 0 Å². The van der Waals surface area contributed by atoms with Crippen molar-refractivity contribution in [3.05, 3.63) is 23.4 Å². The topological polar surface area (TPSA) is 60.2 Å². The molecule has 7 heteroatoms. The molecule has 2 aliphatic heterocycles. The highest BCUT2D eigenvalue weighted by Gasteiger charge is 2.42. The first-order chi connectivity index (χ1) is 9.90. The maximum atomic E-state index is 12.8. The summed E-state index contributed by atoms with van der Waals surface area (Å²) >= 11 is 0. The zero-order chi connectivity index (χ0) is 15.2. The summed E-state index contributed by atoms with van der Waals surface area (Å²) in [6.45, 7) is 0. The van der Waals surface area contributed by atoms with Gasteiger partial charge in [-0.1, -0.05) is 0 Å². The molecule has 0 spiro atoms. The normalized spacial score (nSPS) is 28.5. The van der Waals surface area contributed by atoms with Gasteiger partial charge in [0.05, 0.1) is 11.7 Å². The first-order valence-corrected chi connectivity index (χ1v) is 6.85. The molecule has 21 heavy (non-hydrogen) atoms. The van der Waals surface area contributed by atoms with Crippen molar-refractivity contribution < 1.29 is 18.3 Å². The van der Waals surface area contributed by atoms with Gasteiger partial charge in [0, 0.05) is 12.1 Å². The number of pyridine rings is 1. The first-order valence-electron chi connectivity index (χ1n) is 6.85. The zero-order valence-corrected chi connectivity index (χ0v) is 11.1. The summed E-state index contributed by atoms with van der Waals surface area (Å²) in [4.78, 5) is 5.51. The molecule has 2 unspecified atom stereocenters. The maximum absolute atomic E-state index is 12.8. The number of halogens is 3. The van der Waals surface area contributed by atoms with E-state index in [0.29, 0.717) is 12.8 Å². The highest BCUT2D eigenvalue weighted by molar-refractivity contribution is 5.57. The van der Waals surface area contributed by atoms with Gasteiger partial charge < -0.3 is 10.0 Å². The molecular weight excluding hydrogens is 283 g/mol. The summed E-state index contributed by atoms with van der Waals surface area (Å²) in [7, 11) is 0.